The van der Waals surface area contributed by atoms with Crippen molar-refractivity contribution in [3.8, 4) is 45.6 Å². The van der Waals surface area contributed by atoms with Gasteiger partial charge in [0.15, 0.2) is 28.3 Å². The lowest BCUT2D eigenvalue weighted by Gasteiger charge is -2.09. The van der Waals surface area contributed by atoms with Gasteiger partial charge in [0.25, 0.3) is 0 Å². The molecule has 7 aromatic rings. The zero-order chi connectivity index (χ0) is 39.5. The van der Waals surface area contributed by atoms with Gasteiger partial charge in [-0.2, -0.15) is 0 Å². The molecule has 4 aromatic carbocycles. The third-order valence-corrected chi connectivity index (χ3v) is 9.29. The van der Waals surface area contributed by atoms with Crippen LogP contribution < -0.4 is 22.9 Å². The average Bonchev–Trinajstić information content (AvgIpc) is 3.87. The Bertz CT molecular complexity index is 3230. The summed E-state index contributed by atoms with van der Waals surface area (Å²) in [4.78, 5) is 76.6. The van der Waals surface area contributed by atoms with Crippen molar-refractivity contribution in [3.05, 3.63) is 95.1 Å². The van der Waals surface area contributed by atoms with Crippen LogP contribution in [0, 0.1) is 40.5 Å². The lowest BCUT2D eigenvalue weighted by Crippen LogP contribution is -2.09. The highest BCUT2D eigenvalue weighted by Gasteiger charge is 2.44. The number of nitro groups is 4. The molecule has 24 nitrogen and oxygen atoms in total. The van der Waals surface area contributed by atoms with Gasteiger partial charge >= 0.3 is 17.1 Å². The molecular weight excluding hydrogens is 736 g/mol. The minimum absolute atomic E-state index is 0.00632. The molecule has 0 radical (unpaired) electrons. The quantitative estimate of drug-likeness (QED) is 0.0941. The first kappa shape index (κ1) is 32.9. The van der Waals surface area contributed by atoms with Gasteiger partial charge in [0, 0.05) is 27.5 Å². The predicted molar refractivity (Wildman–Crippen MR) is 200 cm³/mol. The third kappa shape index (κ3) is 4.39. The predicted octanol–water partition coefficient (Wildman–Crippen LogP) is 4.44. The van der Waals surface area contributed by atoms with E-state index in [4.69, 9.17) is 22.9 Å². The number of nitrogens with zero attached hydrogens (tertiary/aromatic N) is 11. The molecule has 0 fully saturated rings. The van der Waals surface area contributed by atoms with Crippen molar-refractivity contribution >= 4 is 83.9 Å². The van der Waals surface area contributed by atoms with Gasteiger partial charge in [0.1, 0.15) is 22.4 Å². The van der Waals surface area contributed by atoms with E-state index >= 15 is 0 Å². The summed E-state index contributed by atoms with van der Waals surface area (Å²) in [6.07, 6.45) is 0. The summed E-state index contributed by atoms with van der Waals surface area (Å²) >= 11 is 0. The molecule has 0 saturated heterocycles. The first-order valence-electron chi connectivity index (χ1n) is 15.8. The van der Waals surface area contributed by atoms with Gasteiger partial charge < -0.3 is 27.9 Å². The van der Waals surface area contributed by atoms with E-state index in [1.54, 1.807) is 48.5 Å². The molecule has 5 heterocycles. The second-order valence-corrected chi connectivity index (χ2v) is 12.3. The lowest BCUT2D eigenvalue weighted by molar-refractivity contribution is -0.534. The number of anilines is 4. The standard InChI is InChI=1S/C32H18N16O8/c33-15-9-14-16(20(35)19(15)34)28-39-27(14)43-32-13-8-4-3-7-12(13)31(44(32)48(55)56)42-26-11-6-2-1-5-10(11)25(37-26)38-30-18-17(29(40-28)41-30)21(36)23(46(51)52)24(47(53)54)22(18)45(49)50/h1-9H,33-36H2,(H,37,38,39,40,41,42,43). The molecule has 2 aliphatic rings. The number of nitrogens with two attached hydrogens (primary N) is 4. The van der Waals surface area contributed by atoms with E-state index in [0.717, 1.165) is 0 Å². The molecule has 0 saturated carbocycles. The third-order valence-electron chi connectivity index (χ3n) is 9.29. The van der Waals surface area contributed by atoms with Crippen LogP contribution in [0.4, 0.5) is 39.8 Å². The van der Waals surface area contributed by atoms with Crippen LogP contribution in [0.2, 0.25) is 0 Å². The molecule has 274 valence electrons. The van der Waals surface area contributed by atoms with Crippen molar-refractivity contribution in [2.24, 2.45) is 0 Å². The van der Waals surface area contributed by atoms with Gasteiger partial charge in [-0.1, -0.05) is 48.5 Å². The van der Waals surface area contributed by atoms with E-state index in [1.165, 1.54) is 6.07 Å². The summed E-state index contributed by atoms with van der Waals surface area (Å²) in [7, 11) is 0. The number of hydrogen-bond donors (Lipinski definition) is 5. The molecule has 9 N–H and O–H groups in total. The van der Waals surface area contributed by atoms with Crippen LogP contribution in [0.15, 0.2) is 54.6 Å². The topological polar surface area (TPSA) is 375 Å². The highest BCUT2D eigenvalue weighted by Crippen LogP contribution is 2.50. The van der Waals surface area contributed by atoms with Gasteiger partial charge in [0.05, 0.1) is 42.8 Å². The Kier molecular flexibility index (Phi) is 6.62. The van der Waals surface area contributed by atoms with Crippen LogP contribution in [0.3, 0.4) is 0 Å². The molecule has 8 bridgehead atoms. The van der Waals surface area contributed by atoms with Crippen LogP contribution in [-0.2, 0) is 0 Å². The first-order valence-corrected chi connectivity index (χ1v) is 15.8. The Hall–Kier alpha value is -8.96. The molecule has 0 amide bonds. The Labute approximate surface area is 306 Å². The van der Waals surface area contributed by atoms with Crippen molar-refractivity contribution in [1.82, 2.24) is 39.6 Å². The largest absolute Gasteiger partial charge is 0.425 e. The summed E-state index contributed by atoms with van der Waals surface area (Å²) in [5.74, 6) is -0.742. The zero-order valence-electron chi connectivity index (χ0n) is 27.7. The molecular formula is C32H18N16O8. The summed E-state index contributed by atoms with van der Waals surface area (Å²) in [5, 5.41) is 48.9. The fourth-order valence-electron chi connectivity index (χ4n) is 6.94. The summed E-state index contributed by atoms with van der Waals surface area (Å²) in [5.41, 5.74) is 19.2. The molecule has 0 spiro atoms. The second-order valence-electron chi connectivity index (χ2n) is 12.3. The number of aromatic nitrogens is 8. The molecule has 0 atom stereocenters. The number of nitrogen functional groups attached to an aromatic ring is 4. The minimum Gasteiger partial charge on any atom is -0.397 e. The molecule has 0 aliphatic carbocycles. The van der Waals surface area contributed by atoms with Gasteiger partial charge in [-0.25, -0.2) is 40.0 Å². The number of fused-ring (bicyclic) bond motifs is 20. The smallest absolute Gasteiger partial charge is 0.397 e. The van der Waals surface area contributed by atoms with E-state index < -0.39 is 64.6 Å². The van der Waals surface area contributed by atoms with E-state index in [0.29, 0.717) is 21.2 Å². The van der Waals surface area contributed by atoms with E-state index in [1.807, 2.05) is 0 Å². The van der Waals surface area contributed by atoms with Crippen LogP contribution in [0.1, 0.15) is 0 Å². The molecule has 2 aliphatic heterocycles. The fourth-order valence-corrected chi connectivity index (χ4v) is 6.94. The van der Waals surface area contributed by atoms with Crippen LogP contribution in [-0.4, -0.2) is 59.4 Å². The highest BCUT2D eigenvalue weighted by atomic mass is 16.7. The molecule has 0 unspecified atom stereocenters. The van der Waals surface area contributed by atoms with Gasteiger partial charge in [-0.15, -0.1) is 0 Å². The Balaban J connectivity index is 1.61. The summed E-state index contributed by atoms with van der Waals surface area (Å²) in [6.45, 7) is 0. The van der Waals surface area contributed by atoms with Crippen molar-refractivity contribution in [2.45, 2.75) is 0 Å². The molecule has 24 heteroatoms. The van der Waals surface area contributed by atoms with Crippen LogP contribution in [0.25, 0.3) is 89.7 Å². The number of hydrogen-bond acceptors (Lipinski definition) is 18. The molecule has 9 rings (SSSR count). The summed E-state index contributed by atoms with van der Waals surface area (Å²) < 4.78 is 0.644. The molecule has 3 aromatic heterocycles. The van der Waals surface area contributed by atoms with Crippen LogP contribution in [0.5, 0.6) is 0 Å². The van der Waals surface area contributed by atoms with Gasteiger partial charge in [-0.3, -0.25) is 30.3 Å². The SMILES string of the molecule is Nc1cc2c(c(N)c1N)-c1nc-2nc2c3ccccc3c(nc3nc(nc4[nH]c(n1)c1c(N)c([N+](=O)[O-])c([N+](=O)[O-])c([N+](=O)[O-])c41)-c1ccccc1-3)n2[N+](=O)[O-]. The van der Waals surface area contributed by atoms with Gasteiger partial charge in [-0.05, 0) is 10.7 Å². The van der Waals surface area contributed by atoms with E-state index in [-0.39, 0.29) is 68.2 Å². The van der Waals surface area contributed by atoms with E-state index in [2.05, 4.69) is 34.9 Å². The zero-order valence-corrected chi connectivity index (χ0v) is 27.7. The Morgan fingerprint density at radius 2 is 1.04 bits per heavy atom. The van der Waals surface area contributed by atoms with Gasteiger partial charge in [0.2, 0.25) is 11.3 Å². The number of rotatable bonds is 4. The van der Waals surface area contributed by atoms with Crippen molar-refractivity contribution < 1.29 is 19.8 Å². The lowest BCUT2D eigenvalue weighted by atomic mass is 10.0. The average molecular weight is 755 g/mol. The van der Waals surface area contributed by atoms with E-state index in [9.17, 15) is 40.5 Å². The molecule has 56 heavy (non-hydrogen) atoms. The number of benzene rings is 4. The van der Waals surface area contributed by atoms with Crippen LogP contribution >= 0.6 is 0 Å². The maximum atomic E-state index is 12.9. The Morgan fingerprint density at radius 1 is 0.536 bits per heavy atom. The normalized spacial score (nSPS) is 11.7. The number of H-pyrrole nitrogens is 1. The van der Waals surface area contributed by atoms with Crippen molar-refractivity contribution in [1.29, 1.82) is 0 Å². The highest BCUT2D eigenvalue weighted by molar-refractivity contribution is 6.20. The Morgan fingerprint density at radius 3 is 1.61 bits per heavy atom. The monoisotopic (exact) mass is 754 g/mol. The van der Waals surface area contributed by atoms with Crippen molar-refractivity contribution in [2.75, 3.05) is 22.9 Å². The summed E-state index contributed by atoms with van der Waals surface area (Å²) in [6, 6.07) is 14.3. The maximum Gasteiger partial charge on any atom is 0.425 e. The number of aromatic amines is 1. The maximum absolute atomic E-state index is 12.9. The number of nitrogens with one attached hydrogen (secondary N) is 1. The first-order chi connectivity index (χ1) is 26.8. The van der Waals surface area contributed by atoms with Crippen molar-refractivity contribution in [3.63, 3.8) is 0 Å². The minimum atomic E-state index is -1.51. The second kappa shape index (κ2) is 11.3. The number of nitro benzene ring substituents is 3. The fraction of sp³-hybridized carbons (Fsp3) is 0.